The van der Waals surface area contributed by atoms with Crippen molar-refractivity contribution in [3.8, 4) is 33.5 Å². The number of aromatic nitrogens is 2. The molecule has 0 radical (unpaired) electrons. The monoisotopic (exact) mass is 566 g/mol. The van der Waals surface area contributed by atoms with Crippen molar-refractivity contribution in [2.45, 2.75) is 12.8 Å². The van der Waals surface area contributed by atoms with Crippen molar-refractivity contribution in [1.82, 2.24) is 9.97 Å². The Morgan fingerprint density at radius 2 is 1.23 bits per heavy atom. The smallest absolute Gasteiger partial charge is 0.0979 e. The van der Waals surface area contributed by atoms with Crippen LogP contribution in [0.5, 0.6) is 0 Å². The molecule has 0 saturated heterocycles. The van der Waals surface area contributed by atoms with Gasteiger partial charge in [-0.05, 0) is 64.2 Å². The Balaban J connectivity index is 1.13. The van der Waals surface area contributed by atoms with E-state index in [9.17, 15) is 0 Å². The van der Waals surface area contributed by atoms with Gasteiger partial charge in [-0.3, -0.25) is 4.98 Å². The highest BCUT2D eigenvalue weighted by Crippen LogP contribution is 2.40. The molecule has 0 aliphatic heterocycles. The SMILES string of the molecule is C1=Cc2c(c3ccccc3c3nc(-c4ccc(-c5ccccc5-c5ccc6sc7ccccc7c6c5)cc4)cnc23)CC1. The molecule has 0 N–H and O–H groups in total. The molecule has 0 saturated carbocycles. The van der Waals surface area contributed by atoms with Gasteiger partial charge in [0.2, 0.25) is 0 Å². The van der Waals surface area contributed by atoms with Gasteiger partial charge >= 0.3 is 0 Å². The largest absolute Gasteiger partial charge is 0.252 e. The number of fused-ring (bicyclic) bond motifs is 9. The van der Waals surface area contributed by atoms with Gasteiger partial charge in [0.25, 0.3) is 0 Å². The minimum Gasteiger partial charge on any atom is -0.252 e. The number of benzene rings is 6. The summed E-state index contributed by atoms with van der Waals surface area (Å²) in [5.41, 5.74) is 11.4. The van der Waals surface area contributed by atoms with E-state index in [1.165, 1.54) is 64.3 Å². The summed E-state index contributed by atoms with van der Waals surface area (Å²) in [5.74, 6) is 0. The summed E-state index contributed by atoms with van der Waals surface area (Å²) < 4.78 is 2.66. The van der Waals surface area contributed by atoms with E-state index in [0.717, 1.165) is 35.1 Å². The van der Waals surface area contributed by atoms with Gasteiger partial charge < -0.3 is 0 Å². The van der Waals surface area contributed by atoms with Gasteiger partial charge in [0.05, 0.1) is 22.9 Å². The number of hydrogen-bond acceptors (Lipinski definition) is 3. The molecule has 6 aromatic carbocycles. The first-order chi connectivity index (χ1) is 21.3. The molecule has 3 heteroatoms. The van der Waals surface area contributed by atoms with Crippen LogP contribution in [0.1, 0.15) is 17.5 Å². The first-order valence-corrected chi connectivity index (χ1v) is 15.6. The van der Waals surface area contributed by atoms with Crippen LogP contribution in [0.25, 0.3) is 81.6 Å². The first-order valence-electron chi connectivity index (χ1n) is 14.8. The average molecular weight is 567 g/mol. The van der Waals surface area contributed by atoms with Crippen LogP contribution in [0, 0.1) is 0 Å². The quantitative estimate of drug-likeness (QED) is 0.199. The lowest BCUT2D eigenvalue weighted by atomic mass is 9.90. The van der Waals surface area contributed by atoms with Crippen LogP contribution in [0.2, 0.25) is 0 Å². The maximum atomic E-state index is 5.20. The van der Waals surface area contributed by atoms with Gasteiger partial charge in [0.15, 0.2) is 0 Å². The molecule has 2 heterocycles. The van der Waals surface area contributed by atoms with Gasteiger partial charge in [-0.25, -0.2) is 4.98 Å². The summed E-state index contributed by atoms with van der Waals surface area (Å²) in [7, 11) is 0. The number of hydrogen-bond donors (Lipinski definition) is 0. The van der Waals surface area contributed by atoms with E-state index in [1.54, 1.807) is 0 Å². The fourth-order valence-corrected chi connectivity index (χ4v) is 7.82. The van der Waals surface area contributed by atoms with Crippen molar-refractivity contribution in [1.29, 1.82) is 0 Å². The number of allylic oxidation sites excluding steroid dienone is 1. The fourth-order valence-electron chi connectivity index (χ4n) is 6.73. The molecule has 0 spiro atoms. The molecule has 0 unspecified atom stereocenters. The van der Waals surface area contributed by atoms with Gasteiger partial charge in [-0.1, -0.05) is 109 Å². The van der Waals surface area contributed by atoms with Crippen LogP contribution in [-0.4, -0.2) is 9.97 Å². The third-order valence-corrected chi connectivity index (χ3v) is 9.96. The van der Waals surface area contributed by atoms with Crippen LogP contribution in [0.4, 0.5) is 0 Å². The van der Waals surface area contributed by atoms with E-state index in [-0.39, 0.29) is 0 Å². The van der Waals surface area contributed by atoms with E-state index < -0.39 is 0 Å². The number of aryl methyl sites for hydroxylation is 1. The molecular formula is C40H26N2S. The van der Waals surface area contributed by atoms with Crippen molar-refractivity contribution in [3.05, 3.63) is 139 Å². The van der Waals surface area contributed by atoms with E-state index >= 15 is 0 Å². The maximum absolute atomic E-state index is 5.20. The van der Waals surface area contributed by atoms with Crippen molar-refractivity contribution in [2.75, 3.05) is 0 Å². The zero-order valence-electron chi connectivity index (χ0n) is 23.4. The predicted molar refractivity (Wildman–Crippen MR) is 184 cm³/mol. The maximum Gasteiger partial charge on any atom is 0.0979 e. The summed E-state index contributed by atoms with van der Waals surface area (Å²) in [5, 5.41) is 5.12. The minimum atomic E-state index is 0.895. The normalized spacial score (nSPS) is 12.8. The molecule has 1 aliphatic rings. The summed E-state index contributed by atoms with van der Waals surface area (Å²) in [6, 6.07) is 41.7. The van der Waals surface area contributed by atoms with Gasteiger partial charge in [0, 0.05) is 36.7 Å². The second-order valence-corrected chi connectivity index (χ2v) is 12.3. The van der Waals surface area contributed by atoms with E-state index in [4.69, 9.17) is 9.97 Å². The molecule has 9 rings (SSSR count). The third kappa shape index (κ3) is 3.93. The van der Waals surface area contributed by atoms with Gasteiger partial charge in [-0.15, -0.1) is 11.3 Å². The molecule has 2 aromatic heterocycles. The zero-order chi connectivity index (χ0) is 28.3. The first kappa shape index (κ1) is 24.5. The summed E-state index contributed by atoms with van der Waals surface area (Å²) >= 11 is 1.86. The molecule has 8 aromatic rings. The van der Waals surface area contributed by atoms with Crippen molar-refractivity contribution in [3.63, 3.8) is 0 Å². The molecule has 0 amide bonds. The topological polar surface area (TPSA) is 25.8 Å². The fraction of sp³-hybridized carbons (Fsp3) is 0.0500. The van der Waals surface area contributed by atoms with Crippen LogP contribution in [0.15, 0.2) is 128 Å². The van der Waals surface area contributed by atoms with E-state index in [2.05, 4.69) is 127 Å². The summed E-state index contributed by atoms with van der Waals surface area (Å²) in [6.45, 7) is 0. The van der Waals surface area contributed by atoms with Crippen LogP contribution in [0.3, 0.4) is 0 Å². The average Bonchev–Trinajstić information content (AvgIpc) is 3.46. The second kappa shape index (κ2) is 9.72. The van der Waals surface area contributed by atoms with Crippen LogP contribution >= 0.6 is 11.3 Å². The van der Waals surface area contributed by atoms with E-state index in [1.807, 2.05) is 17.5 Å². The lowest BCUT2D eigenvalue weighted by Gasteiger charge is -2.17. The highest BCUT2D eigenvalue weighted by molar-refractivity contribution is 7.25. The summed E-state index contributed by atoms with van der Waals surface area (Å²) in [4.78, 5) is 10.2. The Kier molecular flexibility index (Phi) is 5.53. The van der Waals surface area contributed by atoms with Crippen molar-refractivity contribution in [2.24, 2.45) is 0 Å². The molecule has 202 valence electrons. The second-order valence-electron chi connectivity index (χ2n) is 11.3. The number of rotatable bonds is 3. The molecule has 0 fully saturated rings. The zero-order valence-corrected chi connectivity index (χ0v) is 24.2. The Morgan fingerprint density at radius 1 is 0.558 bits per heavy atom. The lowest BCUT2D eigenvalue weighted by molar-refractivity contribution is 0.998. The van der Waals surface area contributed by atoms with Crippen LogP contribution in [-0.2, 0) is 6.42 Å². The van der Waals surface area contributed by atoms with Crippen LogP contribution < -0.4 is 0 Å². The number of nitrogens with zero attached hydrogens (tertiary/aromatic N) is 2. The Hall–Kier alpha value is -5.12. The third-order valence-electron chi connectivity index (χ3n) is 8.81. The highest BCUT2D eigenvalue weighted by Gasteiger charge is 2.17. The number of thiophene rings is 1. The highest BCUT2D eigenvalue weighted by atomic mass is 32.1. The Morgan fingerprint density at radius 3 is 2.09 bits per heavy atom. The van der Waals surface area contributed by atoms with E-state index in [0.29, 0.717) is 0 Å². The van der Waals surface area contributed by atoms with Gasteiger partial charge in [0.1, 0.15) is 0 Å². The molecule has 43 heavy (non-hydrogen) atoms. The minimum absolute atomic E-state index is 0.895. The molecule has 2 nitrogen and oxygen atoms in total. The molecular weight excluding hydrogens is 541 g/mol. The molecule has 1 aliphatic carbocycles. The lowest BCUT2D eigenvalue weighted by Crippen LogP contribution is -2.00. The molecule has 0 bridgehead atoms. The molecule has 0 atom stereocenters. The Labute approximate surface area is 253 Å². The summed E-state index contributed by atoms with van der Waals surface area (Å²) in [6.07, 6.45) is 8.54. The van der Waals surface area contributed by atoms with Crippen molar-refractivity contribution >= 4 is 59.4 Å². The van der Waals surface area contributed by atoms with Gasteiger partial charge in [-0.2, -0.15) is 0 Å². The standard InChI is InChI=1S/C40H26N2S/c1-2-10-29(27-21-22-38-35(23-27)32-13-7-8-16-37(32)43-38)28(9-1)25-17-19-26(20-18-25)36-24-41-39-33-14-5-3-11-30(33)31-12-4-6-15-34(31)40(39)42-36/h1-2,4-10,12-24H,3,11H2. The predicted octanol–water partition coefficient (Wildman–Crippen LogP) is 11.1. The Bertz CT molecular complexity index is 2400. The van der Waals surface area contributed by atoms with Crippen molar-refractivity contribution < 1.29 is 0 Å².